The number of rotatable bonds is 7. The van der Waals surface area contributed by atoms with Crippen molar-refractivity contribution in [2.24, 2.45) is 13.0 Å². The van der Waals surface area contributed by atoms with Crippen molar-refractivity contribution in [2.75, 3.05) is 24.8 Å². The normalized spacial score (nSPS) is 15.6. The predicted molar refractivity (Wildman–Crippen MR) is 112 cm³/mol. The smallest absolute Gasteiger partial charge is 0.246 e. The molecule has 29 heavy (non-hydrogen) atoms. The lowest BCUT2D eigenvalue weighted by molar-refractivity contribution is -0.120. The monoisotopic (exact) mass is 399 g/mol. The van der Waals surface area contributed by atoms with Crippen molar-refractivity contribution < 1.29 is 14.3 Å². The van der Waals surface area contributed by atoms with Crippen LogP contribution in [0.2, 0.25) is 0 Å². The molecule has 0 radical (unpaired) electrons. The number of ether oxygens (including phenoxy) is 1. The molecule has 156 valence electrons. The molecular formula is C21H29N5O3. The molecule has 0 saturated heterocycles. The Morgan fingerprint density at radius 1 is 1.21 bits per heavy atom. The highest BCUT2D eigenvalue weighted by atomic mass is 16.5. The average Bonchev–Trinajstić information content (AvgIpc) is 3.15. The van der Waals surface area contributed by atoms with Crippen LogP contribution in [0.15, 0.2) is 30.6 Å². The second-order valence-electron chi connectivity index (χ2n) is 7.40. The van der Waals surface area contributed by atoms with Gasteiger partial charge in [0.2, 0.25) is 11.8 Å². The highest BCUT2D eigenvalue weighted by Crippen LogP contribution is 2.31. The van der Waals surface area contributed by atoms with E-state index >= 15 is 0 Å². The third kappa shape index (κ3) is 5.14. The topological polar surface area (TPSA) is 97.3 Å². The molecule has 3 N–H and O–H groups in total. The number of aryl methyl sites for hydroxylation is 1. The summed E-state index contributed by atoms with van der Waals surface area (Å²) in [6.07, 6.45) is 8.66. The zero-order valence-corrected chi connectivity index (χ0v) is 17.2. The molecule has 1 unspecified atom stereocenters. The SMILES string of the molecule is CNC(C(=O)Nc1ccc(OC)c(NC(=O)C2CCCCC2)c1)c1cnn(C)c1. The van der Waals surface area contributed by atoms with Crippen LogP contribution in [0.25, 0.3) is 0 Å². The molecule has 1 aliphatic carbocycles. The van der Waals surface area contributed by atoms with E-state index in [0.29, 0.717) is 17.1 Å². The number of carbonyl (C=O) groups is 2. The van der Waals surface area contributed by atoms with Gasteiger partial charge in [0.25, 0.3) is 0 Å². The number of anilines is 2. The molecule has 1 atom stereocenters. The van der Waals surface area contributed by atoms with Gasteiger partial charge in [0, 0.05) is 30.4 Å². The zero-order valence-electron chi connectivity index (χ0n) is 17.2. The van der Waals surface area contributed by atoms with Crippen molar-refractivity contribution in [2.45, 2.75) is 38.1 Å². The van der Waals surface area contributed by atoms with Crippen LogP contribution in [0.4, 0.5) is 11.4 Å². The van der Waals surface area contributed by atoms with E-state index in [9.17, 15) is 9.59 Å². The van der Waals surface area contributed by atoms with Crippen molar-refractivity contribution in [3.8, 4) is 5.75 Å². The van der Waals surface area contributed by atoms with Gasteiger partial charge < -0.3 is 20.7 Å². The first-order valence-electron chi connectivity index (χ1n) is 9.97. The predicted octanol–water partition coefficient (Wildman–Crippen LogP) is 2.85. The van der Waals surface area contributed by atoms with Gasteiger partial charge >= 0.3 is 0 Å². The van der Waals surface area contributed by atoms with Crippen molar-refractivity contribution in [1.29, 1.82) is 0 Å². The number of hydrogen-bond donors (Lipinski definition) is 3. The molecule has 2 aromatic rings. The van der Waals surface area contributed by atoms with E-state index in [4.69, 9.17) is 4.74 Å². The standard InChI is InChI=1S/C21H29N5O3/c1-22-19(15-12-23-26(2)13-15)21(28)24-16-9-10-18(29-3)17(11-16)25-20(27)14-7-5-4-6-8-14/h9-14,19,22H,4-8H2,1-3H3,(H,24,28)(H,25,27). The Labute approximate surface area is 171 Å². The minimum absolute atomic E-state index is 0.00920. The van der Waals surface area contributed by atoms with E-state index < -0.39 is 6.04 Å². The van der Waals surface area contributed by atoms with Gasteiger partial charge in [-0.3, -0.25) is 14.3 Å². The minimum atomic E-state index is -0.536. The van der Waals surface area contributed by atoms with Crippen molar-refractivity contribution >= 4 is 23.2 Å². The van der Waals surface area contributed by atoms with E-state index in [1.165, 1.54) is 6.42 Å². The number of benzene rings is 1. The molecule has 3 rings (SSSR count). The number of hydrogen-bond acceptors (Lipinski definition) is 5. The molecular weight excluding hydrogens is 370 g/mol. The maximum Gasteiger partial charge on any atom is 0.246 e. The quantitative estimate of drug-likeness (QED) is 0.665. The van der Waals surface area contributed by atoms with Crippen LogP contribution in [-0.4, -0.2) is 35.8 Å². The second-order valence-corrected chi connectivity index (χ2v) is 7.40. The molecule has 1 aliphatic rings. The number of aromatic nitrogens is 2. The molecule has 0 bridgehead atoms. The number of carbonyl (C=O) groups excluding carboxylic acids is 2. The molecule has 8 nitrogen and oxygen atoms in total. The fourth-order valence-electron chi connectivity index (χ4n) is 3.74. The fourth-order valence-corrected chi connectivity index (χ4v) is 3.74. The summed E-state index contributed by atoms with van der Waals surface area (Å²) in [5, 5.41) is 13.0. The summed E-state index contributed by atoms with van der Waals surface area (Å²) in [5.41, 5.74) is 1.91. The maximum absolute atomic E-state index is 12.8. The lowest BCUT2D eigenvalue weighted by Gasteiger charge is -2.22. The molecule has 1 saturated carbocycles. The largest absolute Gasteiger partial charge is 0.495 e. The third-order valence-electron chi connectivity index (χ3n) is 5.31. The first-order chi connectivity index (χ1) is 14.0. The number of nitrogens with one attached hydrogen (secondary N) is 3. The molecule has 1 heterocycles. The van der Waals surface area contributed by atoms with Gasteiger partial charge in [-0.05, 0) is 38.1 Å². The first-order valence-corrected chi connectivity index (χ1v) is 9.97. The first kappa shape index (κ1) is 20.9. The van der Waals surface area contributed by atoms with Crippen LogP contribution in [-0.2, 0) is 16.6 Å². The minimum Gasteiger partial charge on any atom is -0.495 e. The lowest BCUT2D eigenvalue weighted by Crippen LogP contribution is -2.30. The maximum atomic E-state index is 12.8. The second kappa shape index (κ2) is 9.56. The van der Waals surface area contributed by atoms with Crippen LogP contribution in [0.5, 0.6) is 5.75 Å². The molecule has 0 aliphatic heterocycles. The van der Waals surface area contributed by atoms with E-state index in [1.807, 2.05) is 0 Å². The number of nitrogens with zero attached hydrogens (tertiary/aromatic N) is 2. The molecule has 1 fully saturated rings. The zero-order chi connectivity index (χ0) is 20.8. The van der Waals surface area contributed by atoms with Crippen LogP contribution in [0.3, 0.4) is 0 Å². The number of likely N-dealkylation sites (N-methyl/N-ethyl adjacent to an activating group) is 1. The summed E-state index contributed by atoms with van der Waals surface area (Å²) in [5.74, 6) is 0.390. The molecule has 1 aromatic carbocycles. The van der Waals surface area contributed by atoms with Crippen molar-refractivity contribution in [1.82, 2.24) is 15.1 Å². The number of methoxy groups -OCH3 is 1. The van der Waals surface area contributed by atoms with E-state index in [0.717, 1.165) is 31.2 Å². The van der Waals surface area contributed by atoms with Gasteiger partial charge in [-0.15, -0.1) is 0 Å². The van der Waals surface area contributed by atoms with E-state index in [-0.39, 0.29) is 17.7 Å². The molecule has 0 spiro atoms. The Kier molecular flexibility index (Phi) is 6.87. The summed E-state index contributed by atoms with van der Waals surface area (Å²) in [7, 11) is 5.09. The van der Waals surface area contributed by atoms with Gasteiger partial charge in [0.05, 0.1) is 19.0 Å². The van der Waals surface area contributed by atoms with Gasteiger partial charge in [0.1, 0.15) is 11.8 Å². The Hall–Kier alpha value is -2.87. The van der Waals surface area contributed by atoms with Crippen molar-refractivity contribution in [3.05, 3.63) is 36.2 Å². The molecule has 1 aromatic heterocycles. The van der Waals surface area contributed by atoms with Gasteiger partial charge in [0.15, 0.2) is 0 Å². The summed E-state index contributed by atoms with van der Waals surface area (Å²) in [6.45, 7) is 0. The summed E-state index contributed by atoms with van der Waals surface area (Å²) >= 11 is 0. The Bertz CT molecular complexity index is 858. The third-order valence-corrected chi connectivity index (χ3v) is 5.31. The average molecular weight is 399 g/mol. The van der Waals surface area contributed by atoms with Crippen LogP contribution >= 0.6 is 0 Å². The van der Waals surface area contributed by atoms with Crippen LogP contribution in [0, 0.1) is 5.92 Å². The Morgan fingerprint density at radius 3 is 2.59 bits per heavy atom. The number of amides is 2. The fraction of sp³-hybridized carbons (Fsp3) is 0.476. The molecule has 8 heteroatoms. The Balaban J connectivity index is 1.73. The van der Waals surface area contributed by atoms with Gasteiger partial charge in [-0.2, -0.15) is 5.10 Å². The van der Waals surface area contributed by atoms with Gasteiger partial charge in [-0.25, -0.2) is 0 Å². The molecule has 2 amide bonds. The highest BCUT2D eigenvalue weighted by Gasteiger charge is 2.23. The van der Waals surface area contributed by atoms with E-state index in [1.54, 1.807) is 56.5 Å². The van der Waals surface area contributed by atoms with Gasteiger partial charge in [-0.1, -0.05) is 19.3 Å². The lowest BCUT2D eigenvalue weighted by atomic mass is 9.88. The Morgan fingerprint density at radius 2 is 1.97 bits per heavy atom. The summed E-state index contributed by atoms with van der Waals surface area (Å²) < 4.78 is 7.04. The van der Waals surface area contributed by atoms with E-state index in [2.05, 4.69) is 21.0 Å². The van der Waals surface area contributed by atoms with Crippen molar-refractivity contribution in [3.63, 3.8) is 0 Å². The van der Waals surface area contributed by atoms with Crippen LogP contribution < -0.4 is 20.7 Å². The highest BCUT2D eigenvalue weighted by molar-refractivity contribution is 5.98. The summed E-state index contributed by atoms with van der Waals surface area (Å²) in [6, 6.07) is 4.69. The van der Waals surface area contributed by atoms with Crippen LogP contribution in [0.1, 0.15) is 43.7 Å². The summed E-state index contributed by atoms with van der Waals surface area (Å²) in [4.78, 5) is 25.4.